The predicted octanol–water partition coefficient (Wildman–Crippen LogP) is 1.52. The summed E-state index contributed by atoms with van der Waals surface area (Å²) in [6.07, 6.45) is 0. The molecule has 0 atom stereocenters. The molecule has 0 radical (unpaired) electrons. The Hall–Kier alpha value is -3.29. The first-order valence-electron chi connectivity index (χ1n) is 9.06. The van der Waals surface area contributed by atoms with Gasteiger partial charge in [0.25, 0.3) is 0 Å². The number of benzene rings is 2. The molecular weight excluding hydrogens is 365 g/mol. The summed E-state index contributed by atoms with van der Waals surface area (Å²) in [5.74, 6) is -0.149. The molecule has 0 saturated carbocycles. The van der Waals surface area contributed by atoms with Crippen LogP contribution >= 0.6 is 0 Å². The molecule has 2 aliphatic heterocycles. The van der Waals surface area contributed by atoms with Crippen LogP contribution in [0.15, 0.2) is 42.5 Å². The molecule has 4 rings (SSSR count). The van der Waals surface area contributed by atoms with Gasteiger partial charge in [-0.15, -0.1) is 0 Å². The minimum Gasteiger partial charge on any atom is -0.454 e. The maximum atomic E-state index is 13.0. The monoisotopic (exact) mass is 385 g/mol. The number of fused-ring (bicyclic) bond motifs is 1. The van der Waals surface area contributed by atoms with Crippen LogP contribution in [0.5, 0.6) is 11.5 Å². The van der Waals surface area contributed by atoms with E-state index in [2.05, 4.69) is 10.2 Å². The zero-order chi connectivity index (χ0) is 19.5. The van der Waals surface area contributed by atoms with Gasteiger partial charge in [0.05, 0.1) is 0 Å². The van der Waals surface area contributed by atoms with Gasteiger partial charge in [-0.1, -0.05) is 6.07 Å². The Kier molecular flexibility index (Phi) is 5.01. The lowest BCUT2D eigenvalue weighted by molar-refractivity contribution is -0.146. The summed E-state index contributed by atoms with van der Waals surface area (Å²) in [5.41, 5.74) is 1.73. The highest BCUT2D eigenvalue weighted by atomic mass is 19.1. The van der Waals surface area contributed by atoms with E-state index in [1.54, 1.807) is 24.3 Å². The number of rotatable bonds is 3. The van der Waals surface area contributed by atoms with Gasteiger partial charge >= 0.3 is 11.8 Å². The van der Waals surface area contributed by atoms with Crippen LogP contribution < -0.4 is 19.7 Å². The molecule has 0 aliphatic carbocycles. The Balaban J connectivity index is 1.27. The van der Waals surface area contributed by atoms with Crippen molar-refractivity contribution in [3.63, 3.8) is 0 Å². The van der Waals surface area contributed by atoms with Crippen LogP contribution in [0, 0.1) is 5.82 Å². The summed E-state index contributed by atoms with van der Waals surface area (Å²) in [6.45, 7) is 2.48. The average Bonchev–Trinajstić information content (AvgIpc) is 3.20. The number of ether oxygens (including phenoxy) is 2. The predicted molar refractivity (Wildman–Crippen MR) is 99.6 cm³/mol. The lowest BCUT2D eigenvalue weighted by atomic mass is 10.2. The highest BCUT2D eigenvalue weighted by molar-refractivity contribution is 6.35. The van der Waals surface area contributed by atoms with Crippen LogP contribution in [0.2, 0.25) is 0 Å². The molecule has 1 fully saturated rings. The van der Waals surface area contributed by atoms with Crippen LogP contribution in [0.1, 0.15) is 5.56 Å². The van der Waals surface area contributed by atoms with Crippen molar-refractivity contribution in [2.24, 2.45) is 0 Å². The summed E-state index contributed by atoms with van der Waals surface area (Å²) >= 11 is 0. The summed E-state index contributed by atoms with van der Waals surface area (Å²) in [6, 6.07) is 11.6. The van der Waals surface area contributed by atoms with Crippen LogP contribution in [0.4, 0.5) is 10.1 Å². The van der Waals surface area contributed by atoms with Gasteiger partial charge in [-0.2, -0.15) is 0 Å². The van der Waals surface area contributed by atoms with Crippen molar-refractivity contribution in [1.82, 2.24) is 10.2 Å². The molecule has 1 N–H and O–H groups in total. The fourth-order valence-corrected chi connectivity index (χ4v) is 3.27. The van der Waals surface area contributed by atoms with E-state index in [-0.39, 0.29) is 19.2 Å². The van der Waals surface area contributed by atoms with Crippen molar-refractivity contribution in [3.8, 4) is 11.5 Å². The lowest BCUT2D eigenvalue weighted by Gasteiger charge is -2.35. The molecule has 2 aromatic rings. The van der Waals surface area contributed by atoms with Gasteiger partial charge in [0.1, 0.15) is 5.82 Å². The SMILES string of the molecule is O=C(NCc1ccc2c(c1)OCO2)C(=O)N1CCN(c2ccc(F)cc2)CC1. The van der Waals surface area contributed by atoms with Gasteiger partial charge in [-0.25, -0.2) is 4.39 Å². The molecule has 146 valence electrons. The molecule has 2 aromatic carbocycles. The Morgan fingerprint density at radius 1 is 0.964 bits per heavy atom. The molecule has 0 unspecified atom stereocenters. The number of carbonyl (C=O) groups excluding carboxylic acids is 2. The van der Waals surface area contributed by atoms with Crippen molar-refractivity contribution in [2.45, 2.75) is 6.54 Å². The largest absolute Gasteiger partial charge is 0.454 e. The third kappa shape index (κ3) is 3.85. The van der Waals surface area contributed by atoms with Crippen LogP contribution in [-0.4, -0.2) is 49.7 Å². The first-order chi connectivity index (χ1) is 13.6. The van der Waals surface area contributed by atoms with Crippen molar-refractivity contribution >= 4 is 17.5 Å². The maximum Gasteiger partial charge on any atom is 0.312 e. The van der Waals surface area contributed by atoms with Gasteiger partial charge in [0.15, 0.2) is 11.5 Å². The topological polar surface area (TPSA) is 71.1 Å². The highest BCUT2D eigenvalue weighted by Gasteiger charge is 2.26. The Labute approximate surface area is 161 Å². The minimum atomic E-state index is -0.632. The fourth-order valence-electron chi connectivity index (χ4n) is 3.27. The number of amides is 2. The minimum absolute atomic E-state index is 0.188. The number of nitrogens with zero attached hydrogens (tertiary/aromatic N) is 2. The molecule has 1 saturated heterocycles. The smallest absolute Gasteiger partial charge is 0.312 e. The van der Waals surface area contributed by atoms with E-state index in [4.69, 9.17) is 9.47 Å². The molecule has 2 aliphatic rings. The molecule has 2 heterocycles. The van der Waals surface area contributed by atoms with E-state index in [0.29, 0.717) is 37.7 Å². The van der Waals surface area contributed by atoms with Crippen LogP contribution in [-0.2, 0) is 16.1 Å². The summed E-state index contributed by atoms with van der Waals surface area (Å²) in [7, 11) is 0. The number of hydrogen-bond acceptors (Lipinski definition) is 5. The summed E-state index contributed by atoms with van der Waals surface area (Å²) in [5, 5.41) is 2.65. The van der Waals surface area contributed by atoms with E-state index < -0.39 is 11.8 Å². The van der Waals surface area contributed by atoms with Gasteiger partial charge in [-0.05, 0) is 42.0 Å². The Morgan fingerprint density at radius 3 is 2.43 bits per heavy atom. The first kappa shape index (κ1) is 18.1. The lowest BCUT2D eigenvalue weighted by Crippen LogP contribution is -2.52. The van der Waals surface area contributed by atoms with E-state index in [9.17, 15) is 14.0 Å². The van der Waals surface area contributed by atoms with Crippen molar-refractivity contribution in [1.29, 1.82) is 0 Å². The standard InChI is InChI=1S/C20H20FN3O4/c21-15-2-4-16(5-3-15)23-7-9-24(10-8-23)20(26)19(25)22-12-14-1-6-17-18(11-14)28-13-27-17/h1-6,11H,7-10,12-13H2,(H,22,25). The molecule has 8 heteroatoms. The van der Waals surface area contributed by atoms with E-state index >= 15 is 0 Å². The zero-order valence-corrected chi connectivity index (χ0v) is 15.2. The second kappa shape index (κ2) is 7.75. The summed E-state index contributed by atoms with van der Waals surface area (Å²) < 4.78 is 23.6. The molecule has 2 amide bonds. The molecule has 7 nitrogen and oxygen atoms in total. The maximum absolute atomic E-state index is 13.0. The van der Waals surface area contributed by atoms with Crippen LogP contribution in [0.25, 0.3) is 0 Å². The van der Waals surface area contributed by atoms with Crippen molar-refractivity contribution in [3.05, 3.63) is 53.8 Å². The van der Waals surface area contributed by atoms with Gasteiger partial charge in [-0.3, -0.25) is 9.59 Å². The number of hydrogen-bond donors (Lipinski definition) is 1. The molecule has 0 aromatic heterocycles. The zero-order valence-electron chi connectivity index (χ0n) is 15.2. The summed E-state index contributed by atoms with van der Waals surface area (Å²) in [4.78, 5) is 28.2. The normalized spacial score (nSPS) is 15.5. The second-order valence-corrected chi connectivity index (χ2v) is 6.63. The number of piperazine rings is 1. The second-order valence-electron chi connectivity index (χ2n) is 6.63. The van der Waals surface area contributed by atoms with Gasteiger partial charge < -0.3 is 24.6 Å². The van der Waals surface area contributed by atoms with Crippen molar-refractivity contribution < 1.29 is 23.5 Å². The van der Waals surface area contributed by atoms with Gasteiger partial charge in [0.2, 0.25) is 6.79 Å². The molecule has 0 spiro atoms. The first-order valence-corrected chi connectivity index (χ1v) is 9.06. The number of anilines is 1. The van der Waals surface area contributed by atoms with Gasteiger partial charge in [0, 0.05) is 38.4 Å². The van der Waals surface area contributed by atoms with E-state index in [1.165, 1.54) is 17.0 Å². The fraction of sp³-hybridized carbons (Fsp3) is 0.300. The molecule has 28 heavy (non-hydrogen) atoms. The Bertz CT molecular complexity index is 880. The third-order valence-corrected chi connectivity index (χ3v) is 4.84. The van der Waals surface area contributed by atoms with Crippen molar-refractivity contribution in [2.75, 3.05) is 37.9 Å². The highest BCUT2D eigenvalue weighted by Crippen LogP contribution is 2.32. The quantitative estimate of drug-likeness (QED) is 0.812. The molecular formula is C20H20FN3O4. The average molecular weight is 385 g/mol. The third-order valence-electron chi connectivity index (χ3n) is 4.84. The Morgan fingerprint density at radius 2 is 1.68 bits per heavy atom. The number of carbonyl (C=O) groups is 2. The molecule has 0 bridgehead atoms. The van der Waals surface area contributed by atoms with Crippen LogP contribution in [0.3, 0.4) is 0 Å². The number of halogens is 1. The van der Waals surface area contributed by atoms with E-state index in [1.807, 2.05) is 6.07 Å². The van der Waals surface area contributed by atoms with E-state index in [0.717, 1.165) is 11.3 Å². The number of nitrogens with one attached hydrogen (secondary N) is 1.